The third kappa shape index (κ3) is 5.57. The zero-order valence-corrected chi connectivity index (χ0v) is 21.4. The Bertz CT molecular complexity index is 877. The fourth-order valence-corrected chi connectivity index (χ4v) is 5.22. The first-order valence-corrected chi connectivity index (χ1v) is 12.0. The number of nitrogens with zero attached hydrogens (tertiary/aromatic N) is 2. The van der Waals surface area contributed by atoms with Gasteiger partial charge in [0.15, 0.2) is 9.90 Å². The van der Waals surface area contributed by atoms with Gasteiger partial charge in [0, 0.05) is 17.2 Å². The number of hydrazine groups is 1. The first-order chi connectivity index (χ1) is 14.3. The number of hydrogen-bond donors (Lipinski definition) is 3. The molecular formula is C23H34FIN4O2. The van der Waals surface area contributed by atoms with Crippen LogP contribution in [0.4, 0.5) is 10.2 Å². The first kappa shape index (κ1) is 24.4. The van der Waals surface area contributed by atoms with E-state index >= 15 is 4.39 Å². The Balaban J connectivity index is 1.66. The number of pyridine rings is 1. The van der Waals surface area contributed by atoms with Crippen molar-refractivity contribution in [2.24, 2.45) is 5.92 Å². The topological polar surface area (TPSA) is 81.5 Å². The van der Waals surface area contributed by atoms with E-state index in [2.05, 4.69) is 10.4 Å². The van der Waals surface area contributed by atoms with Gasteiger partial charge >= 0.3 is 0 Å². The van der Waals surface area contributed by atoms with Crippen LogP contribution in [0.3, 0.4) is 0 Å². The monoisotopic (exact) mass is 544 g/mol. The van der Waals surface area contributed by atoms with E-state index in [-0.39, 0.29) is 23.5 Å². The van der Waals surface area contributed by atoms with E-state index in [1.165, 1.54) is 5.01 Å². The number of aryl methyl sites for hydroxylation is 1. The molecule has 1 fully saturated rings. The van der Waals surface area contributed by atoms with Crippen molar-refractivity contribution in [3.8, 4) is 0 Å². The van der Waals surface area contributed by atoms with Crippen LogP contribution in [-0.2, 0) is 8.41 Å². The van der Waals surface area contributed by atoms with Gasteiger partial charge in [0.1, 0.15) is 11.7 Å². The molecule has 3 N–H and O–H groups in total. The number of rotatable bonds is 8. The SMILES string of the molecule is CC1=C(CCC(C)OC(C)(C)C)C(O)N(Nc2ccc(C(F)(I)C3CC3)c(C)n2)C1=N. The molecule has 0 saturated heterocycles. The number of alkyl halides is 2. The highest BCUT2D eigenvalue weighted by Crippen LogP contribution is 2.53. The Hall–Kier alpha value is -1.26. The predicted molar refractivity (Wildman–Crippen MR) is 130 cm³/mol. The minimum absolute atomic E-state index is 0.0428. The Morgan fingerprint density at radius 1 is 1.35 bits per heavy atom. The fraction of sp³-hybridized carbons (Fsp3) is 0.652. The van der Waals surface area contributed by atoms with Crippen LogP contribution in [0.15, 0.2) is 23.3 Å². The number of aliphatic hydroxyl groups is 1. The third-order valence-electron chi connectivity index (χ3n) is 5.78. The third-order valence-corrected chi connectivity index (χ3v) is 7.24. The molecule has 3 unspecified atom stereocenters. The zero-order chi connectivity index (χ0) is 23.1. The number of aliphatic hydroxyl groups excluding tert-OH is 1. The number of ether oxygens (including phenoxy) is 1. The summed E-state index contributed by atoms with van der Waals surface area (Å²) in [5.74, 6) is 0.744. The average Bonchev–Trinajstić information content (AvgIpc) is 3.46. The molecular weight excluding hydrogens is 510 g/mol. The number of halogens is 2. The van der Waals surface area contributed by atoms with Gasteiger partial charge in [0.2, 0.25) is 0 Å². The van der Waals surface area contributed by atoms with Gasteiger partial charge in [-0.05, 0) is 113 Å². The second-order valence-electron chi connectivity index (χ2n) is 9.66. The van der Waals surface area contributed by atoms with Gasteiger partial charge in [-0.2, -0.15) is 0 Å². The number of hydrogen-bond acceptors (Lipinski definition) is 5. The van der Waals surface area contributed by atoms with Gasteiger partial charge in [-0.3, -0.25) is 10.8 Å². The molecule has 0 aromatic carbocycles. The van der Waals surface area contributed by atoms with E-state index < -0.39 is 9.90 Å². The lowest BCUT2D eigenvalue weighted by Crippen LogP contribution is -2.40. The molecule has 8 heteroatoms. The molecule has 1 aromatic rings. The van der Waals surface area contributed by atoms with Crippen LogP contribution in [0.1, 0.15) is 71.6 Å². The summed E-state index contributed by atoms with van der Waals surface area (Å²) in [7, 11) is 0. The second kappa shape index (κ2) is 8.94. The Labute approximate surface area is 198 Å². The zero-order valence-electron chi connectivity index (χ0n) is 19.2. The van der Waals surface area contributed by atoms with E-state index in [1.54, 1.807) is 19.1 Å². The van der Waals surface area contributed by atoms with Crippen molar-refractivity contribution < 1.29 is 14.2 Å². The normalized spacial score (nSPS) is 22.7. The molecule has 31 heavy (non-hydrogen) atoms. The van der Waals surface area contributed by atoms with Gasteiger partial charge in [-0.1, -0.05) is 0 Å². The lowest BCUT2D eigenvalue weighted by molar-refractivity contribution is -0.0545. The number of aromatic nitrogens is 1. The highest BCUT2D eigenvalue weighted by molar-refractivity contribution is 14.1. The molecule has 1 saturated carbocycles. The maximum absolute atomic E-state index is 15.1. The van der Waals surface area contributed by atoms with E-state index in [4.69, 9.17) is 10.1 Å². The largest absolute Gasteiger partial charge is 0.373 e. The highest BCUT2D eigenvalue weighted by atomic mass is 127. The summed E-state index contributed by atoms with van der Waals surface area (Å²) >= 11 is 1.89. The van der Waals surface area contributed by atoms with Crippen LogP contribution in [-0.4, -0.2) is 38.9 Å². The van der Waals surface area contributed by atoms with E-state index in [0.717, 1.165) is 30.4 Å². The lowest BCUT2D eigenvalue weighted by Gasteiger charge is -2.27. The van der Waals surface area contributed by atoms with Crippen LogP contribution in [0.25, 0.3) is 0 Å². The summed E-state index contributed by atoms with van der Waals surface area (Å²) in [6.45, 7) is 11.7. The molecule has 6 nitrogen and oxygen atoms in total. The number of amidine groups is 1. The summed E-state index contributed by atoms with van der Waals surface area (Å²) in [4.78, 5) is 4.50. The molecule has 3 atom stereocenters. The molecule has 2 aliphatic rings. The Morgan fingerprint density at radius 3 is 2.55 bits per heavy atom. The van der Waals surface area contributed by atoms with Crippen LogP contribution in [0.5, 0.6) is 0 Å². The van der Waals surface area contributed by atoms with Crippen molar-refractivity contribution >= 4 is 34.2 Å². The molecule has 0 bridgehead atoms. The number of anilines is 1. The van der Waals surface area contributed by atoms with Crippen LogP contribution in [0, 0.1) is 18.3 Å². The summed E-state index contributed by atoms with van der Waals surface area (Å²) in [6, 6.07) is 3.47. The maximum Gasteiger partial charge on any atom is 0.190 e. The number of nitrogens with one attached hydrogen (secondary N) is 2. The summed E-state index contributed by atoms with van der Waals surface area (Å²) in [5, 5.41) is 20.7. The van der Waals surface area contributed by atoms with Crippen molar-refractivity contribution in [3.63, 3.8) is 0 Å². The summed E-state index contributed by atoms with van der Waals surface area (Å²) in [6.07, 6.45) is 2.29. The molecule has 1 aliphatic heterocycles. The molecule has 172 valence electrons. The molecule has 1 aliphatic carbocycles. The van der Waals surface area contributed by atoms with Crippen molar-refractivity contribution in [3.05, 3.63) is 34.5 Å². The van der Waals surface area contributed by atoms with Crippen LogP contribution < -0.4 is 5.43 Å². The summed E-state index contributed by atoms with van der Waals surface area (Å²) in [5.41, 5.74) is 5.59. The second-order valence-corrected chi connectivity index (χ2v) is 11.2. The Kier molecular flexibility index (Phi) is 7.03. The standard InChI is InChI=1S/C23H34FIN4O2/c1-13(31-22(4,5)6)7-10-17-14(2)20(26)29(21(17)30)28-19-12-11-18(15(3)27-19)23(24,25)16-8-9-16/h11-13,16,21,26,30H,7-10H2,1-6H3,(H,27,28). The fourth-order valence-electron chi connectivity index (χ4n) is 4.02. The minimum Gasteiger partial charge on any atom is -0.373 e. The van der Waals surface area contributed by atoms with E-state index in [1.807, 2.05) is 57.2 Å². The van der Waals surface area contributed by atoms with E-state index in [9.17, 15) is 5.11 Å². The van der Waals surface area contributed by atoms with Crippen LogP contribution >= 0.6 is 22.6 Å². The van der Waals surface area contributed by atoms with Gasteiger partial charge in [0.25, 0.3) is 0 Å². The van der Waals surface area contributed by atoms with Crippen molar-refractivity contribution in [1.82, 2.24) is 9.99 Å². The minimum atomic E-state index is -1.40. The van der Waals surface area contributed by atoms with Crippen LogP contribution in [0.2, 0.25) is 0 Å². The quantitative estimate of drug-likeness (QED) is 0.294. The smallest absolute Gasteiger partial charge is 0.190 e. The predicted octanol–water partition coefficient (Wildman–Crippen LogP) is 5.60. The lowest BCUT2D eigenvalue weighted by atomic mass is 10.0. The highest BCUT2D eigenvalue weighted by Gasteiger charge is 2.46. The van der Waals surface area contributed by atoms with Crippen molar-refractivity contribution in [2.75, 3.05) is 5.43 Å². The first-order valence-electron chi connectivity index (χ1n) is 10.9. The Morgan fingerprint density at radius 2 is 2.00 bits per heavy atom. The van der Waals surface area contributed by atoms with Gasteiger partial charge in [-0.25, -0.2) is 14.4 Å². The van der Waals surface area contributed by atoms with Crippen molar-refractivity contribution in [2.45, 2.75) is 88.8 Å². The molecule has 1 aromatic heterocycles. The molecule has 3 rings (SSSR count). The van der Waals surface area contributed by atoms with Crippen molar-refractivity contribution in [1.29, 1.82) is 5.41 Å². The summed E-state index contributed by atoms with van der Waals surface area (Å²) < 4.78 is 19.7. The average molecular weight is 544 g/mol. The van der Waals surface area contributed by atoms with E-state index in [0.29, 0.717) is 23.5 Å². The van der Waals surface area contributed by atoms with Gasteiger partial charge in [0.05, 0.1) is 11.7 Å². The molecule has 2 heterocycles. The maximum atomic E-state index is 15.1. The molecule has 0 amide bonds. The molecule has 0 spiro atoms. The van der Waals surface area contributed by atoms with Gasteiger partial charge in [-0.15, -0.1) is 0 Å². The molecule has 0 radical (unpaired) electrons. The van der Waals surface area contributed by atoms with Gasteiger partial charge < -0.3 is 9.84 Å².